The van der Waals surface area contributed by atoms with Crippen LogP contribution in [0.4, 0.5) is 4.39 Å². The Morgan fingerprint density at radius 1 is 1.23 bits per heavy atom. The Hall–Kier alpha value is -0.195. The third-order valence-electron chi connectivity index (χ3n) is 4.10. The van der Waals surface area contributed by atoms with Crippen LogP contribution in [0, 0.1) is 5.82 Å². The fourth-order valence-electron chi connectivity index (χ4n) is 2.06. The molecule has 0 aromatic heterocycles. The molecule has 1 aliphatic heterocycles. The van der Waals surface area contributed by atoms with E-state index < -0.39 is 24.1 Å². The Labute approximate surface area is 146 Å². The van der Waals surface area contributed by atoms with E-state index in [9.17, 15) is 4.39 Å². The van der Waals surface area contributed by atoms with E-state index in [1.807, 2.05) is 27.7 Å². The lowest BCUT2D eigenvalue weighted by Crippen LogP contribution is -2.41. The number of benzene rings is 1. The van der Waals surface area contributed by atoms with Gasteiger partial charge in [0.1, 0.15) is 5.82 Å². The third kappa shape index (κ3) is 3.49. The Bertz CT molecular complexity index is 604. The molecule has 0 aliphatic carbocycles. The minimum absolute atomic E-state index is 0.0141. The summed E-state index contributed by atoms with van der Waals surface area (Å²) in [6.45, 7) is 7.87. The van der Waals surface area contributed by atoms with E-state index in [0.29, 0.717) is 11.3 Å². The first kappa shape index (κ1) is 18.1. The molecule has 0 atom stereocenters. The van der Waals surface area contributed by atoms with Gasteiger partial charge < -0.3 is 9.31 Å². The first-order valence-electron chi connectivity index (χ1n) is 6.89. The van der Waals surface area contributed by atoms with Gasteiger partial charge in [-0.25, -0.2) is 4.39 Å². The van der Waals surface area contributed by atoms with Gasteiger partial charge in [0, 0.05) is 10.8 Å². The van der Waals surface area contributed by atoms with Crippen LogP contribution >= 0.6 is 35.8 Å². The normalized spacial score (nSPS) is 20.5. The van der Waals surface area contributed by atoms with Crippen molar-refractivity contribution < 1.29 is 13.7 Å². The van der Waals surface area contributed by atoms with Crippen LogP contribution in [0.25, 0.3) is 6.08 Å². The summed E-state index contributed by atoms with van der Waals surface area (Å²) in [4.78, 5) is 0. The predicted molar refractivity (Wildman–Crippen MR) is 94.3 cm³/mol. The second-order valence-corrected chi connectivity index (χ2v) is 7.39. The zero-order valence-electron chi connectivity index (χ0n) is 12.9. The van der Waals surface area contributed by atoms with Crippen molar-refractivity contribution in [3.63, 3.8) is 0 Å². The van der Waals surface area contributed by atoms with E-state index in [4.69, 9.17) is 32.5 Å². The van der Waals surface area contributed by atoms with Crippen molar-refractivity contribution in [3.05, 3.63) is 39.0 Å². The average Bonchev–Trinajstić information content (AvgIpc) is 2.60. The summed E-state index contributed by atoms with van der Waals surface area (Å²) in [7, 11) is -0.555. The Balaban J connectivity index is 2.38. The molecule has 0 unspecified atom stereocenters. The van der Waals surface area contributed by atoms with Crippen LogP contribution in [0.15, 0.2) is 17.6 Å². The maximum absolute atomic E-state index is 13.7. The molecule has 7 heteroatoms. The van der Waals surface area contributed by atoms with Crippen LogP contribution in [-0.4, -0.2) is 24.1 Å². The topological polar surface area (TPSA) is 18.5 Å². The van der Waals surface area contributed by atoms with Gasteiger partial charge in [-0.3, -0.25) is 0 Å². The molecule has 2 nitrogen and oxygen atoms in total. The van der Waals surface area contributed by atoms with Crippen molar-refractivity contribution in [3.8, 4) is 0 Å². The van der Waals surface area contributed by atoms with E-state index in [1.54, 1.807) is 12.1 Å². The third-order valence-corrected chi connectivity index (χ3v) is 5.08. The molecule has 0 bridgehead atoms. The molecule has 1 fully saturated rings. The van der Waals surface area contributed by atoms with Gasteiger partial charge in [-0.05, 0) is 50.9 Å². The minimum atomic E-state index is -0.562. The van der Waals surface area contributed by atoms with Crippen LogP contribution in [0.3, 0.4) is 0 Å². The molecule has 1 aromatic carbocycles. The molecular weight excluding hydrogens is 345 g/mol. The lowest BCUT2D eigenvalue weighted by molar-refractivity contribution is 0.00578. The maximum Gasteiger partial charge on any atom is 0.491 e. The van der Waals surface area contributed by atoms with Gasteiger partial charge >= 0.3 is 7.12 Å². The molecule has 1 heterocycles. The second-order valence-electron chi connectivity index (χ2n) is 6.26. The highest BCUT2D eigenvalue weighted by atomic mass is 35.5. The van der Waals surface area contributed by atoms with Gasteiger partial charge in [0.2, 0.25) is 0 Å². The van der Waals surface area contributed by atoms with Crippen LogP contribution in [0.2, 0.25) is 10.0 Å². The van der Waals surface area contributed by atoms with Crippen molar-refractivity contribution in [1.29, 1.82) is 0 Å². The summed E-state index contributed by atoms with van der Waals surface area (Å²) in [5, 5.41) is 0.292. The highest BCUT2D eigenvalue weighted by molar-refractivity contribution is 7.80. The summed E-state index contributed by atoms with van der Waals surface area (Å²) in [6, 6.07) is 2.78. The summed E-state index contributed by atoms with van der Waals surface area (Å²) in [5.41, 5.74) is 0.322. The molecule has 120 valence electrons. The van der Waals surface area contributed by atoms with Gasteiger partial charge in [0.25, 0.3) is 0 Å². The summed E-state index contributed by atoms with van der Waals surface area (Å²) < 4.78 is 25.7. The molecule has 1 aromatic rings. The Kier molecular flexibility index (Phi) is 5.25. The van der Waals surface area contributed by atoms with E-state index >= 15 is 0 Å². The molecule has 1 saturated heterocycles. The molecule has 0 spiro atoms. The van der Waals surface area contributed by atoms with Crippen molar-refractivity contribution in [1.82, 2.24) is 0 Å². The quantitative estimate of drug-likeness (QED) is 0.459. The zero-order valence-corrected chi connectivity index (χ0v) is 15.3. The van der Waals surface area contributed by atoms with Gasteiger partial charge in [-0.1, -0.05) is 29.3 Å². The number of hydrogen-bond donors (Lipinski definition) is 1. The van der Waals surface area contributed by atoms with Crippen LogP contribution in [0.5, 0.6) is 0 Å². The smallest absolute Gasteiger partial charge is 0.400 e. The summed E-state index contributed by atoms with van der Waals surface area (Å²) >= 11 is 16.2. The Morgan fingerprint density at radius 2 is 1.77 bits per heavy atom. The first-order chi connectivity index (χ1) is 10.1. The first-order valence-corrected chi connectivity index (χ1v) is 8.28. The van der Waals surface area contributed by atoms with Crippen LogP contribution in [-0.2, 0) is 9.31 Å². The molecule has 22 heavy (non-hydrogen) atoms. The molecule has 1 aliphatic rings. The van der Waals surface area contributed by atoms with Crippen LogP contribution in [0.1, 0.15) is 33.3 Å². The maximum atomic E-state index is 13.7. The standard InChI is InChI=1S/C15H18BCl2FO2S/c1-14(2)15(3,4)21-16(20-14)10(8-22)5-9-6-11(17)7-12(19)13(9)18/h5-7,22H,8H2,1-4H3. The fourth-order valence-corrected chi connectivity index (χ4v) is 2.68. The van der Waals surface area contributed by atoms with E-state index in [2.05, 4.69) is 12.6 Å². The highest BCUT2D eigenvalue weighted by Gasteiger charge is 2.52. The SMILES string of the molecule is CC1(C)OB(C(=Cc2cc(Cl)cc(F)c2Cl)CS)OC1(C)C. The Morgan fingerprint density at radius 3 is 2.27 bits per heavy atom. The molecule has 2 rings (SSSR count). The number of halogens is 3. The van der Waals surface area contributed by atoms with Crippen molar-refractivity contribution >= 4 is 49.0 Å². The van der Waals surface area contributed by atoms with E-state index in [-0.39, 0.29) is 10.0 Å². The molecule has 0 radical (unpaired) electrons. The number of rotatable bonds is 3. The number of thiol groups is 1. The van der Waals surface area contributed by atoms with E-state index in [1.165, 1.54) is 6.07 Å². The minimum Gasteiger partial charge on any atom is -0.400 e. The monoisotopic (exact) mass is 362 g/mol. The largest absolute Gasteiger partial charge is 0.491 e. The fraction of sp³-hybridized carbons (Fsp3) is 0.467. The zero-order chi connectivity index (χ0) is 16.7. The van der Waals surface area contributed by atoms with Crippen molar-refractivity contribution in [2.75, 3.05) is 5.75 Å². The van der Waals surface area contributed by atoms with Crippen LogP contribution < -0.4 is 0 Å². The van der Waals surface area contributed by atoms with Crippen molar-refractivity contribution in [2.24, 2.45) is 0 Å². The predicted octanol–water partition coefficient (Wildman–Crippen LogP) is 5.08. The molecule has 0 amide bonds. The number of hydrogen-bond acceptors (Lipinski definition) is 3. The average molecular weight is 363 g/mol. The highest BCUT2D eigenvalue weighted by Crippen LogP contribution is 2.39. The van der Waals surface area contributed by atoms with Gasteiger partial charge in [-0.15, -0.1) is 0 Å². The van der Waals surface area contributed by atoms with Gasteiger partial charge in [0.15, 0.2) is 0 Å². The lowest BCUT2D eigenvalue weighted by Gasteiger charge is -2.32. The summed E-state index contributed by atoms with van der Waals surface area (Å²) in [6.07, 6.45) is 1.71. The molecule has 0 saturated carbocycles. The van der Waals surface area contributed by atoms with Gasteiger partial charge in [-0.2, -0.15) is 12.6 Å². The van der Waals surface area contributed by atoms with E-state index in [0.717, 1.165) is 5.47 Å². The molecular formula is C15H18BCl2FO2S. The second kappa shape index (κ2) is 6.37. The van der Waals surface area contributed by atoms with Gasteiger partial charge in [0.05, 0.1) is 16.2 Å². The van der Waals surface area contributed by atoms with Crippen molar-refractivity contribution in [2.45, 2.75) is 38.9 Å². The summed E-state index contributed by atoms with van der Waals surface area (Å²) in [5.74, 6) is -0.172. The lowest BCUT2D eigenvalue weighted by atomic mass is 9.78. The molecule has 0 N–H and O–H groups in total.